The number of alkyl carbamates (subject to hydrolysis) is 1. The molecule has 0 aliphatic heterocycles. The summed E-state index contributed by atoms with van der Waals surface area (Å²) >= 11 is 0. The van der Waals surface area contributed by atoms with Gasteiger partial charge in [0.25, 0.3) is 0 Å². The van der Waals surface area contributed by atoms with Gasteiger partial charge in [0.2, 0.25) is 5.91 Å². The maximum atomic E-state index is 13.4. The quantitative estimate of drug-likeness (QED) is 0.406. The zero-order valence-electron chi connectivity index (χ0n) is 21.1. The molecule has 1 aliphatic rings. The first-order valence-corrected chi connectivity index (χ1v) is 12.5. The van der Waals surface area contributed by atoms with Gasteiger partial charge in [-0.2, -0.15) is 0 Å². The molecule has 2 amide bonds. The van der Waals surface area contributed by atoms with Gasteiger partial charge < -0.3 is 20.1 Å². The number of nitrogens with zero attached hydrogens (tertiary/aromatic N) is 1. The predicted molar refractivity (Wildman–Crippen MR) is 141 cm³/mol. The number of carbonyl (C=O) groups is 3. The zero-order valence-corrected chi connectivity index (χ0v) is 21.1. The fraction of sp³-hybridized carbons (Fsp3) is 0.300. The van der Waals surface area contributed by atoms with E-state index in [1.54, 1.807) is 0 Å². The topological polar surface area (TPSA) is 95.9 Å². The van der Waals surface area contributed by atoms with Crippen LogP contribution in [0.15, 0.2) is 78.9 Å². The van der Waals surface area contributed by atoms with Crippen LogP contribution in [0.1, 0.15) is 42.9 Å². The molecule has 37 heavy (non-hydrogen) atoms. The Kier molecular flexibility index (Phi) is 8.23. The molecule has 7 heteroatoms. The van der Waals surface area contributed by atoms with Crippen LogP contribution in [0.5, 0.6) is 0 Å². The molecule has 0 radical (unpaired) electrons. The fourth-order valence-electron chi connectivity index (χ4n) is 4.87. The molecule has 4 rings (SSSR count). The molecule has 0 spiro atoms. The molecule has 3 aromatic rings. The Labute approximate surface area is 217 Å². The highest BCUT2D eigenvalue weighted by molar-refractivity contribution is 5.88. The zero-order chi connectivity index (χ0) is 26.4. The predicted octanol–water partition coefficient (Wildman–Crippen LogP) is 5.05. The van der Waals surface area contributed by atoms with E-state index in [4.69, 9.17) is 4.74 Å². The summed E-state index contributed by atoms with van der Waals surface area (Å²) in [6, 6.07) is 24.4. The van der Waals surface area contributed by atoms with Crippen molar-refractivity contribution in [2.75, 3.05) is 13.2 Å². The summed E-state index contributed by atoms with van der Waals surface area (Å²) in [5.41, 5.74) is 5.26. The number of benzene rings is 3. The molecule has 3 aromatic carbocycles. The van der Waals surface area contributed by atoms with E-state index in [-0.39, 0.29) is 25.0 Å². The minimum atomic E-state index is -1.12. The second kappa shape index (κ2) is 11.7. The molecule has 0 saturated carbocycles. The number of rotatable bonds is 10. The van der Waals surface area contributed by atoms with Gasteiger partial charge in [0.15, 0.2) is 0 Å². The number of amides is 2. The Morgan fingerprint density at radius 1 is 0.892 bits per heavy atom. The molecular formula is C30H32N2O5. The van der Waals surface area contributed by atoms with Gasteiger partial charge in [-0.15, -0.1) is 0 Å². The summed E-state index contributed by atoms with van der Waals surface area (Å²) in [5, 5.41) is 12.1. The number of carboxylic acids is 1. The molecule has 1 atom stereocenters. The van der Waals surface area contributed by atoms with Gasteiger partial charge in [-0.3, -0.25) is 9.59 Å². The molecule has 0 saturated heterocycles. The Bertz CT molecular complexity index is 1210. The molecule has 2 N–H and O–H groups in total. The SMILES string of the molecule is CC(C)C[C@@H](NC(=O)OCC1c2ccccc2-c2ccccc21)C(=O)N(CC(=O)O)Cc1ccccc1. The minimum Gasteiger partial charge on any atom is -0.480 e. The molecule has 7 nitrogen and oxygen atoms in total. The van der Waals surface area contributed by atoms with Crippen molar-refractivity contribution in [3.63, 3.8) is 0 Å². The van der Waals surface area contributed by atoms with Crippen LogP contribution < -0.4 is 5.32 Å². The van der Waals surface area contributed by atoms with Crippen molar-refractivity contribution in [3.8, 4) is 11.1 Å². The number of ether oxygens (including phenoxy) is 1. The van der Waals surface area contributed by atoms with E-state index < -0.39 is 30.6 Å². The van der Waals surface area contributed by atoms with Crippen molar-refractivity contribution in [2.45, 2.75) is 38.8 Å². The second-order valence-electron chi connectivity index (χ2n) is 9.73. The lowest BCUT2D eigenvalue weighted by Crippen LogP contribution is -2.50. The van der Waals surface area contributed by atoms with E-state index in [1.807, 2.05) is 80.6 Å². The Hall–Kier alpha value is -4.13. The summed E-state index contributed by atoms with van der Waals surface area (Å²) < 4.78 is 5.64. The monoisotopic (exact) mass is 500 g/mol. The highest BCUT2D eigenvalue weighted by Gasteiger charge is 2.31. The van der Waals surface area contributed by atoms with E-state index >= 15 is 0 Å². The molecule has 0 bridgehead atoms. The van der Waals surface area contributed by atoms with Crippen LogP contribution in [0.25, 0.3) is 11.1 Å². The van der Waals surface area contributed by atoms with Crippen molar-refractivity contribution >= 4 is 18.0 Å². The fourth-order valence-corrected chi connectivity index (χ4v) is 4.87. The average molecular weight is 501 g/mol. The van der Waals surface area contributed by atoms with Crippen molar-refractivity contribution in [1.29, 1.82) is 0 Å². The third-order valence-corrected chi connectivity index (χ3v) is 6.50. The Morgan fingerprint density at radius 2 is 1.46 bits per heavy atom. The van der Waals surface area contributed by atoms with Gasteiger partial charge in [0, 0.05) is 12.5 Å². The smallest absolute Gasteiger partial charge is 0.407 e. The van der Waals surface area contributed by atoms with E-state index in [1.165, 1.54) is 4.90 Å². The van der Waals surface area contributed by atoms with Gasteiger partial charge in [-0.05, 0) is 40.2 Å². The van der Waals surface area contributed by atoms with Crippen LogP contribution in [-0.2, 0) is 20.9 Å². The summed E-state index contributed by atoms with van der Waals surface area (Å²) in [7, 11) is 0. The van der Waals surface area contributed by atoms with Crippen molar-refractivity contribution in [2.24, 2.45) is 5.92 Å². The van der Waals surface area contributed by atoms with Gasteiger partial charge in [0.05, 0.1) is 0 Å². The van der Waals surface area contributed by atoms with E-state index in [2.05, 4.69) is 17.4 Å². The lowest BCUT2D eigenvalue weighted by molar-refractivity contribution is -0.145. The van der Waals surface area contributed by atoms with E-state index in [9.17, 15) is 19.5 Å². The van der Waals surface area contributed by atoms with Crippen LogP contribution in [-0.4, -0.2) is 47.2 Å². The number of carbonyl (C=O) groups excluding carboxylic acids is 2. The number of hydrogen-bond donors (Lipinski definition) is 2. The summed E-state index contributed by atoms with van der Waals surface area (Å²) in [5.74, 6) is -1.58. The highest BCUT2D eigenvalue weighted by atomic mass is 16.5. The minimum absolute atomic E-state index is 0.0891. The number of hydrogen-bond acceptors (Lipinski definition) is 4. The van der Waals surface area contributed by atoms with E-state index in [0.717, 1.165) is 27.8 Å². The maximum absolute atomic E-state index is 13.4. The van der Waals surface area contributed by atoms with Gasteiger partial charge in [0.1, 0.15) is 19.2 Å². The van der Waals surface area contributed by atoms with Gasteiger partial charge in [-0.1, -0.05) is 92.7 Å². The highest BCUT2D eigenvalue weighted by Crippen LogP contribution is 2.44. The third kappa shape index (κ3) is 6.36. The Morgan fingerprint density at radius 3 is 2.03 bits per heavy atom. The van der Waals surface area contributed by atoms with Gasteiger partial charge in [-0.25, -0.2) is 4.79 Å². The number of carboxylic acid groups (broad SMARTS) is 1. The summed E-state index contributed by atoms with van der Waals surface area (Å²) in [6.07, 6.45) is -0.343. The maximum Gasteiger partial charge on any atom is 0.407 e. The molecular weight excluding hydrogens is 468 g/mol. The van der Waals surface area contributed by atoms with Crippen LogP contribution >= 0.6 is 0 Å². The number of fused-ring (bicyclic) bond motifs is 3. The van der Waals surface area contributed by atoms with Crippen LogP contribution in [0.4, 0.5) is 4.79 Å². The lowest BCUT2D eigenvalue weighted by atomic mass is 9.98. The molecule has 0 unspecified atom stereocenters. The first kappa shape index (κ1) is 25.9. The first-order valence-electron chi connectivity index (χ1n) is 12.5. The summed E-state index contributed by atoms with van der Waals surface area (Å²) in [6.45, 7) is 3.68. The third-order valence-electron chi connectivity index (χ3n) is 6.50. The standard InChI is InChI=1S/C30H32N2O5/c1-20(2)16-27(29(35)32(18-28(33)34)17-21-10-4-3-5-11-21)31-30(36)37-19-26-24-14-8-6-12-22(24)23-13-7-9-15-25(23)26/h3-15,20,26-27H,16-19H2,1-2H3,(H,31,36)(H,33,34)/t27-/m1/s1. The molecule has 0 aromatic heterocycles. The first-order chi connectivity index (χ1) is 17.8. The van der Waals surface area contributed by atoms with E-state index in [0.29, 0.717) is 6.42 Å². The average Bonchev–Trinajstić information content (AvgIpc) is 3.20. The van der Waals surface area contributed by atoms with Crippen molar-refractivity contribution in [1.82, 2.24) is 10.2 Å². The van der Waals surface area contributed by atoms with Crippen LogP contribution in [0, 0.1) is 5.92 Å². The Balaban J connectivity index is 1.46. The molecule has 192 valence electrons. The second-order valence-corrected chi connectivity index (χ2v) is 9.73. The largest absolute Gasteiger partial charge is 0.480 e. The van der Waals surface area contributed by atoms with Gasteiger partial charge >= 0.3 is 12.1 Å². The lowest BCUT2D eigenvalue weighted by Gasteiger charge is -2.28. The molecule has 0 fully saturated rings. The van der Waals surface area contributed by atoms with Crippen molar-refractivity contribution < 1.29 is 24.2 Å². The molecule has 1 aliphatic carbocycles. The summed E-state index contributed by atoms with van der Waals surface area (Å²) in [4.78, 5) is 39.1. The number of aliphatic carboxylic acids is 1. The van der Waals surface area contributed by atoms with Crippen molar-refractivity contribution in [3.05, 3.63) is 95.6 Å². The molecule has 0 heterocycles. The van der Waals surface area contributed by atoms with Crippen LogP contribution in [0.2, 0.25) is 0 Å². The normalized spacial score (nSPS) is 12.9. The number of nitrogens with one attached hydrogen (secondary N) is 1. The van der Waals surface area contributed by atoms with Crippen LogP contribution in [0.3, 0.4) is 0 Å².